The van der Waals surface area contributed by atoms with Crippen LogP contribution in [0, 0.1) is 0 Å². The Labute approximate surface area is 89.6 Å². The molecule has 1 aromatic heterocycles. The molecule has 0 bridgehead atoms. The van der Waals surface area contributed by atoms with E-state index >= 15 is 0 Å². The molecular weight excluding hydrogens is 190 g/mol. The van der Waals surface area contributed by atoms with Crippen molar-refractivity contribution in [1.82, 2.24) is 15.1 Å². The van der Waals surface area contributed by atoms with Crippen molar-refractivity contribution in [1.29, 1.82) is 0 Å². The first kappa shape index (κ1) is 9.36. The zero-order valence-corrected chi connectivity index (χ0v) is 9.29. The summed E-state index contributed by atoms with van der Waals surface area (Å²) in [6.45, 7) is 8.26. The van der Waals surface area contributed by atoms with Crippen LogP contribution in [0.2, 0.25) is 0 Å². The molecule has 1 fully saturated rings. The number of hydrogen-bond donors (Lipinski definition) is 1. The minimum Gasteiger partial charge on any atom is -0.378 e. The molecule has 0 atom stereocenters. The van der Waals surface area contributed by atoms with E-state index in [4.69, 9.17) is 4.74 Å². The summed E-state index contributed by atoms with van der Waals surface area (Å²) >= 11 is 0. The molecule has 3 heterocycles. The summed E-state index contributed by atoms with van der Waals surface area (Å²) in [4.78, 5) is 2.48. The molecule has 0 saturated carbocycles. The summed E-state index contributed by atoms with van der Waals surface area (Å²) in [5.41, 5.74) is 3.98. The van der Waals surface area contributed by atoms with Crippen molar-refractivity contribution in [3.63, 3.8) is 0 Å². The lowest BCUT2D eigenvalue weighted by Crippen LogP contribution is -2.46. The monoisotopic (exact) mass is 207 g/mol. The molecule has 1 N–H and O–H groups in total. The maximum Gasteiger partial charge on any atom is 0.0695 e. The standard InChI is InChI=1S/C11H17N3O/c1-7(2)11-9-3-14(8-5-15-6-8)4-10(9)12-13-11/h7-8H,3-6H2,1-2H3,(H,12,13). The van der Waals surface area contributed by atoms with E-state index in [1.165, 1.54) is 17.0 Å². The minimum atomic E-state index is 0.516. The van der Waals surface area contributed by atoms with Crippen molar-refractivity contribution < 1.29 is 4.74 Å². The number of fused-ring (bicyclic) bond motifs is 1. The van der Waals surface area contributed by atoms with E-state index in [1.807, 2.05) is 0 Å². The van der Waals surface area contributed by atoms with Gasteiger partial charge in [0.2, 0.25) is 0 Å². The van der Waals surface area contributed by atoms with Crippen LogP contribution in [0.15, 0.2) is 0 Å². The van der Waals surface area contributed by atoms with Crippen LogP contribution < -0.4 is 0 Å². The third kappa shape index (κ3) is 1.40. The second kappa shape index (κ2) is 3.32. The van der Waals surface area contributed by atoms with Crippen molar-refractivity contribution in [2.45, 2.75) is 38.9 Å². The van der Waals surface area contributed by atoms with Gasteiger partial charge in [0.1, 0.15) is 0 Å². The Morgan fingerprint density at radius 2 is 2.20 bits per heavy atom. The van der Waals surface area contributed by atoms with Crippen molar-refractivity contribution in [3.05, 3.63) is 17.0 Å². The SMILES string of the molecule is CC(C)c1n[nH]c2c1CN(C1COC1)C2. The van der Waals surface area contributed by atoms with Crippen LogP contribution in [0.1, 0.15) is 36.7 Å². The Hall–Kier alpha value is -0.870. The van der Waals surface area contributed by atoms with Crippen LogP contribution in [0.4, 0.5) is 0 Å². The van der Waals surface area contributed by atoms with E-state index < -0.39 is 0 Å². The summed E-state index contributed by atoms with van der Waals surface area (Å²) in [5.74, 6) is 0.516. The van der Waals surface area contributed by atoms with Crippen LogP contribution in [0.5, 0.6) is 0 Å². The van der Waals surface area contributed by atoms with E-state index in [0.717, 1.165) is 26.3 Å². The Kier molecular flexibility index (Phi) is 2.07. The topological polar surface area (TPSA) is 41.2 Å². The number of ether oxygens (including phenoxy) is 1. The number of nitrogens with zero attached hydrogens (tertiary/aromatic N) is 2. The van der Waals surface area contributed by atoms with Crippen LogP contribution in [-0.2, 0) is 17.8 Å². The van der Waals surface area contributed by atoms with Gasteiger partial charge in [-0.05, 0) is 5.92 Å². The fraction of sp³-hybridized carbons (Fsp3) is 0.727. The molecule has 1 aromatic rings. The molecule has 2 aliphatic rings. The normalized spacial score (nSPS) is 22.1. The molecule has 0 spiro atoms. The van der Waals surface area contributed by atoms with Crippen molar-refractivity contribution in [3.8, 4) is 0 Å². The van der Waals surface area contributed by atoms with E-state index in [-0.39, 0.29) is 0 Å². The summed E-state index contributed by atoms with van der Waals surface area (Å²) < 4.78 is 5.23. The van der Waals surface area contributed by atoms with Gasteiger partial charge in [-0.25, -0.2) is 0 Å². The highest BCUT2D eigenvalue weighted by molar-refractivity contribution is 5.31. The highest BCUT2D eigenvalue weighted by Gasteiger charge is 2.33. The van der Waals surface area contributed by atoms with Crippen LogP contribution in [0.3, 0.4) is 0 Å². The maximum absolute atomic E-state index is 5.23. The third-order valence-corrected chi connectivity index (χ3v) is 3.39. The second-order valence-electron chi connectivity index (χ2n) is 4.82. The minimum absolute atomic E-state index is 0.516. The quantitative estimate of drug-likeness (QED) is 0.793. The lowest BCUT2D eigenvalue weighted by Gasteiger charge is -2.34. The fourth-order valence-corrected chi connectivity index (χ4v) is 2.36. The van der Waals surface area contributed by atoms with Gasteiger partial charge in [0.05, 0.1) is 30.6 Å². The summed E-state index contributed by atoms with van der Waals surface area (Å²) in [5, 5.41) is 7.56. The molecule has 3 rings (SSSR count). The molecule has 82 valence electrons. The first-order chi connectivity index (χ1) is 7.25. The molecular formula is C11H17N3O. The van der Waals surface area contributed by atoms with E-state index in [2.05, 4.69) is 28.9 Å². The van der Waals surface area contributed by atoms with E-state index in [9.17, 15) is 0 Å². The van der Waals surface area contributed by atoms with Crippen LogP contribution in [0.25, 0.3) is 0 Å². The van der Waals surface area contributed by atoms with E-state index in [0.29, 0.717) is 12.0 Å². The lowest BCUT2D eigenvalue weighted by molar-refractivity contribution is -0.0673. The van der Waals surface area contributed by atoms with Gasteiger partial charge in [-0.2, -0.15) is 5.10 Å². The predicted octanol–water partition coefficient (Wildman–Crippen LogP) is 1.25. The van der Waals surface area contributed by atoms with Crippen LogP contribution in [-0.4, -0.2) is 34.4 Å². The van der Waals surface area contributed by atoms with Crippen molar-refractivity contribution in [2.24, 2.45) is 0 Å². The van der Waals surface area contributed by atoms with Gasteiger partial charge in [0.15, 0.2) is 0 Å². The Bertz CT molecular complexity index is 368. The van der Waals surface area contributed by atoms with Gasteiger partial charge in [0.25, 0.3) is 0 Å². The number of aromatic amines is 1. The van der Waals surface area contributed by atoms with Gasteiger partial charge in [0, 0.05) is 18.7 Å². The molecule has 4 heteroatoms. The maximum atomic E-state index is 5.23. The first-order valence-electron chi connectivity index (χ1n) is 5.63. The number of H-pyrrole nitrogens is 1. The van der Waals surface area contributed by atoms with Gasteiger partial charge in [-0.1, -0.05) is 13.8 Å². The largest absolute Gasteiger partial charge is 0.378 e. The summed E-state index contributed by atoms with van der Waals surface area (Å²) in [6.07, 6.45) is 0. The zero-order chi connectivity index (χ0) is 10.4. The predicted molar refractivity (Wildman–Crippen MR) is 56.5 cm³/mol. The molecule has 0 radical (unpaired) electrons. The van der Waals surface area contributed by atoms with Crippen molar-refractivity contribution >= 4 is 0 Å². The van der Waals surface area contributed by atoms with Gasteiger partial charge >= 0.3 is 0 Å². The third-order valence-electron chi connectivity index (χ3n) is 3.39. The molecule has 4 nitrogen and oxygen atoms in total. The average molecular weight is 207 g/mol. The molecule has 0 unspecified atom stereocenters. The molecule has 2 aliphatic heterocycles. The fourth-order valence-electron chi connectivity index (χ4n) is 2.36. The Balaban J connectivity index is 1.80. The summed E-state index contributed by atoms with van der Waals surface area (Å²) in [7, 11) is 0. The second-order valence-corrected chi connectivity index (χ2v) is 4.82. The number of aromatic nitrogens is 2. The molecule has 15 heavy (non-hydrogen) atoms. The smallest absolute Gasteiger partial charge is 0.0695 e. The number of rotatable bonds is 2. The van der Waals surface area contributed by atoms with Crippen LogP contribution >= 0.6 is 0 Å². The molecule has 0 aromatic carbocycles. The lowest BCUT2D eigenvalue weighted by atomic mass is 10.1. The van der Waals surface area contributed by atoms with Gasteiger partial charge in [-0.3, -0.25) is 10.00 Å². The number of nitrogens with one attached hydrogen (secondary N) is 1. The summed E-state index contributed by atoms with van der Waals surface area (Å²) in [6, 6.07) is 0.630. The first-order valence-corrected chi connectivity index (χ1v) is 5.63. The molecule has 1 saturated heterocycles. The molecule has 0 aliphatic carbocycles. The highest BCUT2D eigenvalue weighted by Crippen LogP contribution is 2.30. The highest BCUT2D eigenvalue weighted by atomic mass is 16.5. The van der Waals surface area contributed by atoms with Gasteiger partial charge < -0.3 is 4.74 Å². The number of hydrogen-bond acceptors (Lipinski definition) is 3. The zero-order valence-electron chi connectivity index (χ0n) is 9.29. The Morgan fingerprint density at radius 3 is 2.80 bits per heavy atom. The van der Waals surface area contributed by atoms with Gasteiger partial charge in [-0.15, -0.1) is 0 Å². The average Bonchev–Trinajstić information content (AvgIpc) is 2.57. The Morgan fingerprint density at radius 1 is 1.40 bits per heavy atom. The van der Waals surface area contributed by atoms with Crippen molar-refractivity contribution in [2.75, 3.05) is 13.2 Å². The molecule has 0 amide bonds. The van der Waals surface area contributed by atoms with E-state index in [1.54, 1.807) is 0 Å².